The molecule has 8 heteroatoms. The van der Waals surface area contributed by atoms with Gasteiger partial charge >= 0.3 is 6.18 Å². The van der Waals surface area contributed by atoms with Crippen LogP contribution >= 0.6 is 22.6 Å². The molecule has 1 aromatic rings. The van der Waals surface area contributed by atoms with Crippen LogP contribution < -0.4 is 0 Å². The smallest absolute Gasteiger partial charge is 0.254 e. The predicted molar refractivity (Wildman–Crippen MR) is 56.2 cm³/mol. The molecule has 1 heterocycles. The summed E-state index contributed by atoms with van der Waals surface area (Å²) in [6.07, 6.45) is -7.97. The van der Waals surface area contributed by atoms with Gasteiger partial charge < -0.3 is 0 Å². The van der Waals surface area contributed by atoms with E-state index >= 15 is 0 Å². The summed E-state index contributed by atoms with van der Waals surface area (Å²) in [4.78, 5) is 3.10. The molecule has 0 saturated heterocycles. The van der Waals surface area contributed by atoms with E-state index in [0.29, 0.717) is 0 Å². The maximum absolute atomic E-state index is 12.7. The minimum atomic E-state index is -4.95. The Morgan fingerprint density at radius 1 is 1.41 bits per heavy atom. The van der Waals surface area contributed by atoms with Crippen molar-refractivity contribution in [2.75, 3.05) is 0 Å². The second-order valence-electron chi connectivity index (χ2n) is 2.98. The summed E-state index contributed by atoms with van der Waals surface area (Å²) >= 11 is 1.53. The third kappa shape index (κ3) is 3.02. The van der Waals surface area contributed by atoms with Crippen LogP contribution in [0, 0.1) is 14.9 Å². The third-order valence-electron chi connectivity index (χ3n) is 1.91. The zero-order valence-electron chi connectivity index (χ0n) is 8.02. The van der Waals surface area contributed by atoms with Gasteiger partial charge in [0, 0.05) is 9.77 Å². The Kier molecular flexibility index (Phi) is 4.24. The summed E-state index contributed by atoms with van der Waals surface area (Å²) in [6, 6.07) is 1.53. The Hall–Kier alpha value is -0.980. The first-order valence-corrected chi connectivity index (χ1v) is 5.26. The Balaban J connectivity index is 3.57. The van der Waals surface area contributed by atoms with E-state index in [2.05, 4.69) is 4.98 Å². The Morgan fingerprint density at radius 2 is 2.00 bits per heavy atom. The predicted octanol–water partition coefficient (Wildman–Crippen LogP) is 3.71. The summed E-state index contributed by atoms with van der Waals surface area (Å²) < 4.78 is 63.0. The van der Waals surface area contributed by atoms with Gasteiger partial charge in [-0.3, -0.25) is 4.98 Å². The second kappa shape index (κ2) is 5.12. The Bertz CT molecular complexity index is 464. The lowest BCUT2D eigenvalue weighted by Gasteiger charge is -2.16. The van der Waals surface area contributed by atoms with Crippen LogP contribution in [-0.4, -0.2) is 4.98 Å². The van der Waals surface area contributed by atoms with Crippen molar-refractivity contribution < 1.29 is 22.0 Å². The third-order valence-corrected chi connectivity index (χ3v) is 2.84. The van der Waals surface area contributed by atoms with E-state index in [1.807, 2.05) is 0 Å². The van der Waals surface area contributed by atoms with Gasteiger partial charge in [0.05, 0.1) is 18.1 Å². The van der Waals surface area contributed by atoms with Crippen LogP contribution in [0.15, 0.2) is 6.20 Å². The summed E-state index contributed by atoms with van der Waals surface area (Å²) in [7, 11) is 0. The quantitative estimate of drug-likeness (QED) is 0.594. The van der Waals surface area contributed by atoms with Gasteiger partial charge in [-0.2, -0.15) is 18.4 Å². The molecule has 2 nitrogen and oxygen atoms in total. The first-order chi connectivity index (χ1) is 7.79. The van der Waals surface area contributed by atoms with Crippen LogP contribution in [-0.2, 0) is 12.6 Å². The average molecular weight is 362 g/mol. The molecule has 0 fully saturated rings. The van der Waals surface area contributed by atoms with Crippen LogP contribution in [0.5, 0.6) is 0 Å². The van der Waals surface area contributed by atoms with E-state index in [9.17, 15) is 22.0 Å². The number of alkyl halides is 5. The van der Waals surface area contributed by atoms with Gasteiger partial charge in [-0.25, -0.2) is 8.78 Å². The number of pyridine rings is 1. The molecule has 1 aromatic heterocycles. The van der Waals surface area contributed by atoms with Gasteiger partial charge in [0.15, 0.2) is 0 Å². The van der Waals surface area contributed by atoms with E-state index < -0.39 is 35.8 Å². The molecule has 0 aliphatic carbocycles. The van der Waals surface area contributed by atoms with E-state index in [1.165, 1.54) is 28.7 Å². The van der Waals surface area contributed by atoms with Crippen LogP contribution in [0.1, 0.15) is 23.2 Å². The minimum Gasteiger partial charge on any atom is -0.254 e. The number of aromatic nitrogens is 1. The molecular weight excluding hydrogens is 358 g/mol. The standard InChI is InChI=1S/C9H4F5IN2/c10-8(11)7-6(9(12,13)14)4(1-2-16)5(15)3-17-7/h3,8H,1H2. The van der Waals surface area contributed by atoms with Crippen molar-refractivity contribution in [3.63, 3.8) is 0 Å². The molecule has 17 heavy (non-hydrogen) atoms. The van der Waals surface area contributed by atoms with Crippen molar-refractivity contribution >= 4 is 22.6 Å². The molecule has 92 valence electrons. The monoisotopic (exact) mass is 362 g/mol. The SMILES string of the molecule is N#CCc1c(I)cnc(C(F)F)c1C(F)(F)F. The highest BCUT2D eigenvalue weighted by Crippen LogP contribution is 2.39. The minimum absolute atomic E-state index is 0.0425. The van der Waals surface area contributed by atoms with Crippen molar-refractivity contribution in [2.45, 2.75) is 19.0 Å². The highest BCUT2D eigenvalue weighted by Gasteiger charge is 2.40. The molecule has 0 amide bonds. The van der Waals surface area contributed by atoms with Gasteiger partial charge in [0.2, 0.25) is 0 Å². The molecule has 1 rings (SSSR count). The number of hydrogen-bond donors (Lipinski definition) is 0. The van der Waals surface area contributed by atoms with Gasteiger partial charge in [-0.15, -0.1) is 0 Å². The topological polar surface area (TPSA) is 36.7 Å². The fourth-order valence-electron chi connectivity index (χ4n) is 1.28. The van der Waals surface area contributed by atoms with Gasteiger partial charge in [-0.1, -0.05) is 0 Å². The Morgan fingerprint density at radius 3 is 2.41 bits per heavy atom. The van der Waals surface area contributed by atoms with Crippen molar-refractivity contribution in [3.05, 3.63) is 26.6 Å². The van der Waals surface area contributed by atoms with Crippen LogP contribution in [0.25, 0.3) is 0 Å². The number of halogens is 6. The number of rotatable bonds is 2. The molecule has 0 aromatic carbocycles. The van der Waals surface area contributed by atoms with E-state index in [4.69, 9.17) is 5.26 Å². The lowest BCUT2D eigenvalue weighted by atomic mass is 10.0. The molecule has 0 saturated carbocycles. The Labute approximate surface area is 107 Å². The zero-order chi connectivity index (χ0) is 13.2. The van der Waals surface area contributed by atoms with Gasteiger partial charge in [0.1, 0.15) is 5.69 Å². The maximum atomic E-state index is 12.7. The summed E-state index contributed by atoms with van der Waals surface area (Å²) in [5.41, 5.74) is -3.28. The fourth-order valence-corrected chi connectivity index (χ4v) is 1.88. The summed E-state index contributed by atoms with van der Waals surface area (Å²) in [5.74, 6) is 0. The molecule has 0 aliphatic rings. The number of hydrogen-bond acceptors (Lipinski definition) is 2. The molecule has 0 radical (unpaired) electrons. The summed E-state index contributed by atoms with van der Waals surface area (Å²) in [6.45, 7) is 0. The molecule has 0 N–H and O–H groups in total. The first kappa shape index (κ1) is 14.1. The van der Waals surface area contributed by atoms with Gasteiger partial charge in [-0.05, 0) is 28.2 Å². The maximum Gasteiger partial charge on any atom is 0.418 e. The van der Waals surface area contributed by atoms with E-state index in [0.717, 1.165) is 6.20 Å². The van der Waals surface area contributed by atoms with Crippen LogP contribution in [0.2, 0.25) is 0 Å². The summed E-state index contributed by atoms with van der Waals surface area (Å²) in [5, 5.41) is 8.44. The molecule has 0 aliphatic heterocycles. The van der Waals surface area contributed by atoms with Crippen LogP contribution in [0.3, 0.4) is 0 Å². The normalized spacial score (nSPS) is 11.6. The largest absolute Gasteiger partial charge is 0.418 e. The lowest BCUT2D eigenvalue weighted by molar-refractivity contribution is -0.140. The van der Waals surface area contributed by atoms with Crippen molar-refractivity contribution in [1.82, 2.24) is 4.98 Å². The number of nitriles is 1. The van der Waals surface area contributed by atoms with Gasteiger partial charge in [0.25, 0.3) is 6.43 Å². The lowest BCUT2D eigenvalue weighted by Crippen LogP contribution is -2.16. The van der Waals surface area contributed by atoms with Crippen molar-refractivity contribution in [1.29, 1.82) is 5.26 Å². The molecule has 0 spiro atoms. The molecular formula is C9H4F5IN2. The highest BCUT2D eigenvalue weighted by molar-refractivity contribution is 14.1. The van der Waals surface area contributed by atoms with E-state index in [-0.39, 0.29) is 3.57 Å². The molecule has 0 unspecified atom stereocenters. The molecule has 0 bridgehead atoms. The van der Waals surface area contributed by atoms with Crippen LogP contribution in [0.4, 0.5) is 22.0 Å². The number of nitrogens with zero attached hydrogens (tertiary/aromatic N) is 2. The molecule has 0 atom stereocenters. The highest BCUT2D eigenvalue weighted by atomic mass is 127. The van der Waals surface area contributed by atoms with Crippen molar-refractivity contribution in [3.8, 4) is 6.07 Å². The average Bonchev–Trinajstić information content (AvgIpc) is 2.18. The van der Waals surface area contributed by atoms with E-state index in [1.54, 1.807) is 0 Å². The first-order valence-electron chi connectivity index (χ1n) is 4.18. The second-order valence-corrected chi connectivity index (χ2v) is 4.14. The zero-order valence-corrected chi connectivity index (χ0v) is 10.2. The fraction of sp³-hybridized carbons (Fsp3) is 0.333. The van der Waals surface area contributed by atoms with Crippen molar-refractivity contribution in [2.24, 2.45) is 0 Å².